The second kappa shape index (κ2) is 8.58. The molecule has 0 radical (unpaired) electrons. The number of benzene rings is 1. The van der Waals surface area contributed by atoms with Crippen molar-refractivity contribution in [2.45, 2.75) is 6.10 Å². The van der Waals surface area contributed by atoms with Crippen molar-refractivity contribution in [1.82, 2.24) is 5.32 Å². The normalized spacial score (nSPS) is 11.2. The number of halogens is 1. The highest BCUT2D eigenvalue weighted by Gasteiger charge is 2.09. The van der Waals surface area contributed by atoms with Crippen LogP contribution in [0.4, 0.5) is 5.69 Å². The van der Waals surface area contributed by atoms with E-state index in [1.165, 1.54) is 11.3 Å². The summed E-state index contributed by atoms with van der Waals surface area (Å²) in [7, 11) is 0. The van der Waals surface area contributed by atoms with Crippen LogP contribution in [0.25, 0.3) is 0 Å². The molecule has 0 aliphatic carbocycles. The van der Waals surface area contributed by atoms with Crippen LogP contribution in [-0.4, -0.2) is 24.1 Å². The van der Waals surface area contributed by atoms with Gasteiger partial charge in [0.1, 0.15) is 0 Å². The van der Waals surface area contributed by atoms with Gasteiger partial charge in [0.25, 0.3) is 0 Å². The lowest BCUT2D eigenvalue weighted by Gasteiger charge is -2.11. The van der Waals surface area contributed by atoms with Crippen molar-refractivity contribution in [3.8, 4) is 0 Å². The molecule has 3 N–H and O–H groups in total. The van der Waals surface area contributed by atoms with Gasteiger partial charge in [-0.1, -0.05) is 18.2 Å². The Morgan fingerprint density at radius 2 is 2.00 bits per heavy atom. The summed E-state index contributed by atoms with van der Waals surface area (Å²) in [6.07, 6.45) is -0.646. The van der Waals surface area contributed by atoms with Gasteiger partial charge < -0.3 is 15.7 Å². The van der Waals surface area contributed by atoms with Crippen LogP contribution < -0.4 is 10.6 Å². The first-order valence-corrected chi connectivity index (χ1v) is 6.96. The topological polar surface area (TPSA) is 61.4 Å². The Morgan fingerprint density at radius 3 is 2.65 bits per heavy atom. The average molecular weight is 313 g/mol. The van der Waals surface area contributed by atoms with Gasteiger partial charge in [0.15, 0.2) is 0 Å². The minimum atomic E-state index is -0.646. The van der Waals surface area contributed by atoms with Crippen LogP contribution in [0.3, 0.4) is 0 Å². The Hall–Kier alpha value is -1.56. The van der Waals surface area contributed by atoms with Gasteiger partial charge in [-0.15, -0.1) is 12.4 Å². The summed E-state index contributed by atoms with van der Waals surface area (Å²) in [5.74, 6) is -0.141. The Kier molecular flexibility index (Phi) is 7.08. The van der Waals surface area contributed by atoms with Gasteiger partial charge >= 0.3 is 0 Å². The van der Waals surface area contributed by atoms with E-state index in [9.17, 15) is 9.90 Å². The number of aliphatic hydroxyl groups is 1. The van der Waals surface area contributed by atoms with Gasteiger partial charge in [0.2, 0.25) is 5.91 Å². The van der Waals surface area contributed by atoms with Crippen LogP contribution in [0.15, 0.2) is 47.2 Å². The highest BCUT2D eigenvalue weighted by Crippen LogP contribution is 2.14. The van der Waals surface area contributed by atoms with Crippen molar-refractivity contribution in [2.24, 2.45) is 0 Å². The molecule has 1 aromatic carbocycles. The Labute approximate surface area is 128 Å². The first-order valence-electron chi connectivity index (χ1n) is 6.01. The van der Waals surface area contributed by atoms with E-state index in [0.717, 1.165) is 11.3 Å². The number of carbonyl (C=O) groups is 1. The Bertz CT molecular complexity index is 505. The van der Waals surface area contributed by atoms with Gasteiger partial charge in [0, 0.05) is 12.2 Å². The predicted molar refractivity (Wildman–Crippen MR) is 84.5 cm³/mol. The number of nitrogens with one attached hydrogen (secondary N) is 2. The second-order valence-corrected chi connectivity index (χ2v) is 4.88. The molecule has 1 aromatic heterocycles. The van der Waals surface area contributed by atoms with E-state index in [4.69, 9.17) is 0 Å². The Morgan fingerprint density at radius 1 is 1.25 bits per heavy atom. The van der Waals surface area contributed by atoms with Crippen molar-refractivity contribution in [2.75, 3.05) is 18.4 Å². The number of rotatable bonds is 6. The van der Waals surface area contributed by atoms with Crippen molar-refractivity contribution < 1.29 is 9.90 Å². The van der Waals surface area contributed by atoms with Crippen LogP contribution in [-0.2, 0) is 4.79 Å². The molecule has 1 heterocycles. The molecule has 108 valence electrons. The molecule has 0 aliphatic rings. The number of para-hydroxylation sites is 1. The zero-order valence-electron chi connectivity index (χ0n) is 10.8. The van der Waals surface area contributed by atoms with E-state index in [1.807, 2.05) is 47.2 Å². The van der Waals surface area contributed by atoms with Crippen LogP contribution >= 0.6 is 23.7 Å². The fourth-order valence-corrected chi connectivity index (χ4v) is 2.30. The fourth-order valence-electron chi connectivity index (χ4n) is 1.59. The fraction of sp³-hybridized carbons (Fsp3) is 0.214. The van der Waals surface area contributed by atoms with Crippen molar-refractivity contribution in [1.29, 1.82) is 0 Å². The number of hydrogen-bond donors (Lipinski definition) is 3. The molecule has 0 saturated heterocycles. The maximum atomic E-state index is 11.6. The molecule has 0 spiro atoms. The quantitative estimate of drug-likeness (QED) is 0.768. The summed E-state index contributed by atoms with van der Waals surface area (Å²) >= 11 is 1.52. The summed E-state index contributed by atoms with van der Waals surface area (Å²) in [4.78, 5) is 11.6. The molecule has 2 aromatic rings. The molecule has 6 heteroatoms. The van der Waals surface area contributed by atoms with E-state index < -0.39 is 6.10 Å². The molecule has 4 nitrogen and oxygen atoms in total. The molecule has 0 bridgehead atoms. The average Bonchev–Trinajstić information content (AvgIpc) is 2.98. The zero-order chi connectivity index (χ0) is 13.5. The molecule has 1 unspecified atom stereocenters. The summed E-state index contributed by atoms with van der Waals surface area (Å²) in [5.41, 5.74) is 1.73. The molecule has 0 saturated carbocycles. The van der Waals surface area contributed by atoms with Crippen molar-refractivity contribution >= 4 is 35.3 Å². The monoisotopic (exact) mass is 312 g/mol. The number of anilines is 1. The summed E-state index contributed by atoms with van der Waals surface area (Å²) in [5, 5.41) is 19.3. The van der Waals surface area contributed by atoms with Gasteiger partial charge in [-0.3, -0.25) is 4.79 Å². The molecule has 2 rings (SSSR count). The third-order valence-electron chi connectivity index (χ3n) is 2.65. The highest BCUT2D eigenvalue weighted by atomic mass is 35.5. The van der Waals surface area contributed by atoms with Crippen LogP contribution in [0.1, 0.15) is 11.7 Å². The number of thiophene rings is 1. The highest BCUT2D eigenvalue weighted by molar-refractivity contribution is 7.07. The summed E-state index contributed by atoms with van der Waals surface area (Å²) in [6, 6.07) is 11.4. The molecular formula is C14H17ClN2O2S. The van der Waals surface area contributed by atoms with Crippen molar-refractivity contribution in [3.05, 3.63) is 52.7 Å². The van der Waals surface area contributed by atoms with Crippen LogP contribution in [0, 0.1) is 0 Å². The van der Waals surface area contributed by atoms with E-state index in [-0.39, 0.29) is 31.4 Å². The number of hydrogen-bond acceptors (Lipinski definition) is 4. The molecule has 1 atom stereocenters. The smallest absolute Gasteiger partial charge is 0.239 e. The summed E-state index contributed by atoms with van der Waals surface area (Å²) < 4.78 is 0. The van der Waals surface area contributed by atoms with E-state index in [1.54, 1.807) is 0 Å². The van der Waals surface area contributed by atoms with Gasteiger partial charge in [-0.2, -0.15) is 11.3 Å². The minimum Gasteiger partial charge on any atom is -0.387 e. The van der Waals surface area contributed by atoms with Gasteiger partial charge in [-0.25, -0.2) is 0 Å². The first-order chi connectivity index (χ1) is 9.25. The lowest BCUT2D eigenvalue weighted by Crippen LogP contribution is -2.33. The third-order valence-corrected chi connectivity index (χ3v) is 3.35. The maximum Gasteiger partial charge on any atom is 0.239 e. The predicted octanol–water partition coefficient (Wildman–Crippen LogP) is 2.43. The lowest BCUT2D eigenvalue weighted by atomic mass is 10.2. The van der Waals surface area contributed by atoms with Crippen LogP contribution in [0.5, 0.6) is 0 Å². The van der Waals surface area contributed by atoms with Crippen LogP contribution in [0.2, 0.25) is 0 Å². The third kappa shape index (κ3) is 5.21. The lowest BCUT2D eigenvalue weighted by molar-refractivity contribution is -0.119. The molecule has 0 aliphatic heterocycles. The molecule has 1 amide bonds. The van der Waals surface area contributed by atoms with Gasteiger partial charge in [-0.05, 0) is 34.5 Å². The first kappa shape index (κ1) is 16.5. The molecule has 20 heavy (non-hydrogen) atoms. The molecule has 0 fully saturated rings. The van der Waals surface area contributed by atoms with Crippen molar-refractivity contribution in [3.63, 3.8) is 0 Å². The van der Waals surface area contributed by atoms with E-state index in [2.05, 4.69) is 10.6 Å². The number of aliphatic hydroxyl groups excluding tert-OH is 1. The van der Waals surface area contributed by atoms with E-state index >= 15 is 0 Å². The Balaban J connectivity index is 0.00000200. The largest absolute Gasteiger partial charge is 0.387 e. The second-order valence-electron chi connectivity index (χ2n) is 4.10. The summed E-state index contributed by atoms with van der Waals surface area (Å²) in [6.45, 7) is 0.423. The number of carbonyl (C=O) groups excluding carboxylic acids is 1. The standard InChI is InChI=1S/C14H16N2O2S.ClH/c17-13(11-6-7-19-10-11)8-16-14(18)9-15-12-4-2-1-3-5-12;/h1-7,10,13,15,17H,8-9H2,(H,16,18);1H. The minimum absolute atomic E-state index is 0. The van der Waals surface area contributed by atoms with E-state index in [0.29, 0.717) is 0 Å². The SMILES string of the molecule is Cl.O=C(CNc1ccccc1)NCC(O)c1ccsc1. The number of amides is 1. The van der Waals surface area contributed by atoms with Gasteiger partial charge in [0.05, 0.1) is 12.6 Å². The zero-order valence-corrected chi connectivity index (χ0v) is 12.4. The maximum absolute atomic E-state index is 11.6. The molecular weight excluding hydrogens is 296 g/mol.